The van der Waals surface area contributed by atoms with Gasteiger partial charge in [-0.05, 0) is 122 Å². The van der Waals surface area contributed by atoms with Gasteiger partial charge in [0.25, 0.3) is 0 Å². The van der Waals surface area contributed by atoms with Crippen LogP contribution in [-0.4, -0.2) is 450 Å². The standard InChI is InChI=1S/C92H150N2O45/c1-12-36(3)43(93-54(105)25-40(101)23-46(37(4)13-2)128-80-64(114)59(109)49(30-97)130-80)22-39(100)24-55(106)94-56-47(28-95)129-82(73(60(56)110)137-79-66(116)62(112)69(38(5)127-79)133-78-68(118)70(45(103)32-125-78)134-84-75(119)91(123,34-99)35-126-84)139-85(122)92-21-20-86(6,7)26-42(92)41-14-15-51-87(8)18-17-53(88(9,33-98)50(87)16-19-89(51,10)90(41,11)27-52(92)104)132-83-74(138-81-65(115)61(111)58(108)48(29-96)131-81)71(67(117)72(136-83)76(120)121)135-77-63(113)57(107)44(102)31-124-77/h14,33,36-40,42-53,56-75,77-84,95-97,99-104,107-119,123H,12-13,15-32,34-35H2,1-11H3,(H,93,105)(H,94,106)(H,120,121)/t36-,37-,38?,39-,40-,42?,43-,44+,45+,46-,47?,48?,49-,50+,51?,52?,53-,56-,57-,58-,59?,60?,61-,62?,63?,64?,65?,66?,67-,68?,69-,70?,71-,72?,73?,74?,75?,77-,78-,79-,80+,81-,82-,83+,84-,87?,88+,89-,90+,91-,92+/m0/s1. The van der Waals surface area contributed by atoms with Crippen LogP contribution < -0.4 is 10.6 Å². The summed E-state index contributed by atoms with van der Waals surface area (Å²) in [6.07, 6.45) is -64.0. The summed E-state index contributed by atoms with van der Waals surface area (Å²) in [7, 11) is 0. The van der Waals surface area contributed by atoms with Crippen molar-refractivity contribution < 1.29 is 222 Å². The fourth-order valence-corrected chi connectivity index (χ4v) is 24.5. The number of allylic oxidation sites excluding steroid dienone is 2. The lowest BCUT2D eigenvalue weighted by atomic mass is 9.33. The van der Waals surface area contributed by atoms with Crippen LogP contribution in [0.15, 0.2) is 11.6 Å². The van der Waals surface area contributed by atoms with Crippen molar-refractivity contribution in [2.24, 2.45) is 62.1 Å². The summed E-state index contributed by atoms with van der Waals surface area (Å²) in [5, 5.41) is 273. The van der Waals surface area contributed by atoms with Gasteiger partial charge in [-0.15, -0.1) is 0 Å². The fourth-order valence-electron chi connectivity index (χ4n) is 24.5. The van der Waals surface area contributed by atoms with E-state index in [-0.39, 0.29) is 56.3 Å². The van der Waals surface area contributed by atoms with E-state index in [4.69, 9.17) is 75.8 Å². The van der Waals surface area contributed by atoms with Gasteiger partial charge in [0.1, 0.15) is 152 Å². The van der Waals surface area contributed by atoms with E-state index >= 15 is 4.79 Å². The lowest BCUT2D eigenvalue weighted by Crippen LogP contribution is -2.70. The van der Waals surface area contributed by atoms with Crippen LogP contribution >= 0.6 is 0 Å². The molecule has 4 saturated carbocycles. The third-order valence-corrected chi connectivity index (χ3v) is 33.6. The molecule has 798 valence electrons. The van der Waals surface area contributed by atoms with E-state index in [0.29, 0.717) is 44.9 Å². The topological polar surface area (TPSA) is 743 Å². The Hall–Kier alpha value is -4.23. The monoisotopic (exact) mass is 2000 g/mol. The molecule has 13 rings (SSSR count). The molecule has 0 spiro atoms. The van der Waals surface area contributed by atoms with E-state index < -0.39 is 378 Å². The highest BCUT2D eigenvalue weighted by Crippen LogP contribution is 2.76. The van der Waals surface area contributed by atoms with Crippen molar-refractivity contribution in [3.05, 3.63) is 11.6 Å². The average molecular weight is 2000 g/mol. The minimum absolute atomic E-state index is 0.0183. The number of aliphatic carboxylic acids is 1. The Morgan fingerprint density at radius 1 is 0.532 bits per heavy atom. The molecular formula is C92H150N2O45. The third-order valence-electron chi connectivity index (χ3n) is 33.6. The van der Waals surface area contributed by atoms with Crippen molar-refractivity contribution in [1.82, 2.24) is 10.6 Å². The van der Waals surface area contributed by atoms with Crippen LogP contribution in [0.2, 0.25) is 0 Å². The van der Waals surface area contributed by atoms with Crippen molar-refractivity contribution in [2.45, 2.75) is 424 Å². The number of carboxylic acids is 1. The molecule has 0 aromatic carbocycles. The van der Waals surface area contributed by atoms with Gasteiger partial charge in [0.05, 0.1) is 107 Å². The number of ether oxygens (including phenoxy) is 16. The van der Waals surface area contributed by atoms with Gasteiger partial charge in [-0.1, -0.05) is 93.7 Å². The zero-order chi connectivity index (χ0) is 102. The summed E-state index contributed by atoms with van der Waals surface area (Å²) >= 11 is 0. The van der Waals surface area contributed by atoms with E-state index in [9.17, 15) is 142 Å². The number of carboxylic acid groups (broad SMARTS) is 1. The SMILES string of the molecule is CC[C@H](C)[C@H](C[C@H](O)CC(=O)N[C@H]1C(CO)O[C@@H](OC(=O)[C@]23CCC(C)(C)CC2C2=CCC4C5(C)CC[C@H](O[C@@H]6OC(C(=O)O)[C@@H](O)[C@H](O[C@@H]7OC[C@@H](O)[C@H](O)C7O)C6O[C@@H]6OC(CO)[C@H](O)[C@H](O)C6O)[C@](C)(C=O)[C@@H]5CC[C@]4(C)[C@]2(C)CC3O)C(O[C@@H]2OC(C)[C@H](O[C@@H]3OC[C@@H](O)C(O[C@@H]4OC[C@@](O)(CO)C4O)C3O)C(O)C2O)C1O)NC(=O)C[C@@H](O)C[C@H](O[C@@H]1O[C@@H](CO)C(O)C1O)[C@@H](C)CC. The van der Waals surface area contributed by atoms with Crippen LogP contribution in [-0.2, 0) is 99.8 Å². The van der Waals surface area contributed by atoms with E-state index in [1.807, 2.05) is 41.5 Å². The van der Waals surface area contributed by atoms with Crippen LogP contribution in [0.1, 0.15) is 172 Å². The number of hydrogen-bond acceptors (Lipinski definition) is 44. The Bertz CT molecular complexity index is 4130. The first-order valence-electron chi connectivity index (χ1n) is 48.6. The van der Waals surface area contributed by atoms with Gasteiger partial charge in [0.15, 0.2) is 56.2 Å². The molecular weight excluding hydrogens is 1850 g/mol. The van der Waals surface area contributed by atoms with Gasteiger partial charge >= 0.3 is 11.9 Å². The molecule has 20 unspecified atom stereocenters. The number of nitrogens with one attached hydrogen (secondary N) is 2. The summed E-state index contributed by atoms with van der Waals surface area (Å²) in [6, 6.07) is -2.60. The average Bonchev–Trinajstić information content (AvgIpc) is 1.33. The first-order valence-corrected chi connectivity index (χ1v) is 48.6. The minimum Gasteiger partial charge on any atom is -0.479 e. The Morgan fingerprint density at radius 2 is 1.10 bits per heavy atom. The van der Waals surface area contributed by atoms with Gasteiger partial charge in [0, 0.05) is 12.5 Å². The fraction of sp³-hybridized carbons (Fsp3) is 0.924. The van der Waals surface area contributed by atoms with Crippen molar-refractivity contribution in [3.8, 4) is 0 Å². The number of carbonyl (C=O) groups is 5. The molecule has 26 N–H and O–H groups in total. The molecule has 51 atom stereocenters. The maximum absolute atomic E-state index is 16.4. The molecule has 13 aliphatic rings. The van der Waals surface area contributed by atoms with Crippen LogP contribution in [0.4, 0.5) is 0 Å². The molecule has 47 nitrogen and oxygen atoms in total. The van der Waals surface area contributed by atoms with Gasteiger partial charge in [-0.25, -0.2) is 4.79 Å². The predicted octanol–water partition coefficient (Wildman–Crippen LogP) is -7.57. The second-order valence-corrected chi connectivity index (χ2v) is 42.9. The molecule has 8 saturated heterocycles. The summed E-state index contributed by atoms with van der Waals surface area (Å²) in [6.45, 7) is 15.2. The van der Waals surface area contributed by atoms with Crippen molar-refractivity contribution in [2.75, 3.05) is 46.2 Å². The molecule has 0 bridgehead atoms. The summed E-state index contributed by atoms with van der Waals surface area (Å²) < 4.78 is 96.5. The van der Waals surface area contributed by atoms with Gasteiger partial charge < -0.3 is 214 Å². The molecule has 8 heterocycles. The number of aliphatic hydroxyl groups excluding tert-OH is 22. The largest absolute Gasteiger partial charge is 0.479 e. The zero-order valence-corrected chi connectivity index (χ0v) is 80.0. The number of amides is 2. The van der Waals surface area contributed by atoms with E-state index in [2.05, 4.69) is 30.6 Å². The quantitative estimate of drug-likeness (QED) is 0.0120. The maximum Gasteiger partial charge on any atom is 0.335 e. The molecule has 47 heteroatoms. The zero-order valence-electron chi connectivity index (χ0n) is 80.0. The van der Waals surface area contributed by atoms with Gasteiger partial charge in [0.2, 0.25) is 18.1 Å². The highest BCUT2D eigenvalue weighted by atomic mass is 16.8. The molecule has 0 aromatic heterocycles. The van der Waals surface area contributed by atoms with Crippen LogP contribution in [0.5, 0.6) is 0 Å². The van der Waals surface area contributed by atoms with Crippen LogP contribution in [0.3, 0.4) is 0 Å². The molecule has 139 heavy (non-hydrogen) atoms. The van der Waals surface area contributed by atoms with Gasteiger partial charge in [-0.2, -0.15) is 0 Å². The predicted molar refractivity (Wildman–Crippen MR) is 464 cm³/mol. The summed E-state index contributed by atoms with van der Waals surface area (Å²) in [4.78, 5) is 72.4. The number of esters is 1. The van der Waals surface area contributed by atoms with Gasteiger partial charge in [-0.3, -0.25) is 14.4 Å². The second-order valence-electron chi connectivity index (χ2n) is 42.9. The van der Waals surface area contributed by atoms with Crippen molar-refractivity contribution in [3.63, 3.8) is 0 Å². The Labute approximate surface area is 803 Å². The van der Waals surface area contributed by atoms with E-state index in [1.165, 1.54) is 6.92 Å². The number of hydrogen-bond donors (Lipinski definition) is 26. The summed E-state index contributed by atoms with van der Waals surface area (Å²) in [5.74, 6) is -6.83. The van der Waals surface area contributed by atoms with E-state index in [0.717, 1.165) is 11.9 Å². The Balaban J connectivity index is 0.754. The highest BCUT2D eigenvalue weighted by molar-refractivity contribution is 5.80. The van der Waals surface area contributed by atoms with Crippen molar-refractivity contribution >= 4 is 30.0 Å². The lowest BCUT2D eigenvalue weighted by molar-refractivity contribution is -0.391. The second kappa shape index (κ2) is 44.7. The maximum atomic E-state index is 16.4. The highest BCUT2D eigenvalue weighted by Gasteiger charge is 2.74. The molecule has 0 radical (unpaired) electrons. The first-order chi connectivity index (χ1) is 65.3. The van der Waals surface area contributed by atoms with Crippen LogP contribution in [0.25, 0.3) is 0 Å². The third kappa shape index (κ3) is 21.8. The Kier molecular flexibility index (Phi) is 36.0. The molecule has 8 aliphatic heterocycles. The molecule has 12 fully saturated rings. The Morgan fingerprint density at radius 3 is 1.73 bits per heavy atom. The summed E-state index contributed by atoms with van der Waals surface area (Å²) in [5.41, 5.74) is -7.86. The van der Waals surface area contributed by atoms with Crippen molar-refractivity contribution in [1.29, 1.82) is 0 Å². The number of aldehydes is 1. The van der Waals surface area contributed by atoms with E-state index in [1.54, 1.807) is 13.8 Å². The lowest BCUT2D eigenvalue weighted by Gasteiger charge is -2.71. The number of rotatable bonds is 36. The normalized spacial score (nSPS) is 48.5. The van der Waals surface area contributed by atoms with Crippen LogP contribution in [0, 0.1) is 62.1 Å². The number of fused-ring (bicyclic) bond motifs is 7. The smallest absolute Gasteiger partial charge is 0.335 e. The number of aliphatic hydroxyl groups is 23. The molecule has 0 aromatic rings. The first kappa shape index (κ1) is 112. The molecule has 2 amide bonds. The number of carbonyl (C=O) groups excluding carboxylic acids is 4. The molecule has 5 aliphatic carbocycles. The minimum atomic E-state index is -2.27.